The average Bonchev–Trinajstić information content (AvgIpc) is 2.60. The smallest absolute Gasteiger partial charge is 0.130 e. The molecule has 2 aliphatic heterocycles. The van der Waals surface area contributed by atoms with Gasteiger partial charge in [0.2, 0.25) is 0 Å². The van der Waals surface area contributed by atoms with Gasteiger partial charge in [-0.2, -0.15) is 0 Å². The van der Waals surface area contributed by atoms with Crippen molar-refractivity contribution in [1.29, 1.82) is 0 Å². The van der Waals surface area contributed by atoms with Crippen LogP contribution in [0.5, 0.6) is 0 Å². The quantitative estimate of drug-likeness (QED) is 0.420. The van der Waals surface area contributed by atoms with Crippen LogP contribution in [0.25, 0.3) is 0 Å². The second kappa shape index (κ2) is 2.44. The summed E-state index contributed by atoms with van der Waals surface area (Å²) in [5.41, 5.74) is 0. The van der Waals surface area contributed by atoms with Gasteiger partial charge in [0, 0.05) is 0 Å². The lowest BCUT2D eigenvalue weighted by Crippen LogP contribution is -2.45. The van der Waals surface area contributed by atoms with E-state index in [-0.39, 0.29) is 0 Å². The van der Waals surface area contributed by atoms with Crippen LogP contribution in [0.1, 0.15) is 0 Å². The van der Waals surface area contributed by atoms with Gasteiger partial charge in [-0.15, -0.1) is 0 Å². The molecule has 0 spiro atoms. The summed E-state index contributed by atoms with van der Waals surface area (Å²) in [6.45, 7) is 4.21. The van der Waals surface area contributed by atoms with Gasteiger partial charge in [0.25, 0.3) is 0 Å². The molecule has 0 aromatic rings. The Hall–Kier alpha value is -0.120. The lowest BCUT2D eigenvalue weighted by atomic mass is 10.3. The molecule has 0 bridgehead atoms. The normalized spacial score (nSPS) is 35.5. The first kappa shape index (κ1) is 7.53. The highest BCUT2D eigenvalue weighted by atomic mass is 16.6. The molecule has 11 heavy (non-hydrogen) atoms. The molecule has 0 aromatic carbocycles. The summed E-state index contributed by atoms with van der Waals surface area (Å²) in [5.74, 6) is 0. The summed E-state index contributed by atoms with van der Waals surface area (Å²) in [6, 6.07) is 0. The van der Waals surface area contributed by atoms with Crippen LogP contribution in [0.15, 0.2) is 0 Å². The van der Waals surface area contributed by atoms with Gasteiger partial charge in [0.05, 0.1) is 27.3 Å². The lowest BCUT2D eigenvalue weighted by Gasteiger charge is -2.28. The van der Waals surface area contributed by atoms with Crippen LogP contribution in [-0.2, 0) is 9.47 Å². The number of ether oxygens (including phenoxy) is 2. The lowest BCUT2D eigenvalue weighted by molar-refractivity contribution is -0.891. The summed E-state index contributed by atoms with van der Waals surface area (Å²) in [4.78, 5) is 0. The van der Waals surface area contributed by atoms with Gasteiger partial charge in [-0.25, -0.2) is 0 Å². The number of nitrogens with zero attached hydrogens (tertiary/aromatic N) is 1. The highest BCUT2D eigenvalue weighted by Crippen LogP contribution is 2.18. The molecule has 2 heterocycles. The third kappa shape index (κ3) is 2.43. The maximum absolute atomic E-state index is 5.19. The van der Waals surface area contributed by atoms with Crippen LogP contribution in [0.3, 0.4) is 0 Å². The van der Waals surface area contributed by atoms with Crippen molar-refractivity contribution in [3.05, 3.63) is 0 Å². The average molecular weight is 158 g/mol. The Morgan fingerprint density at radius 2 is 1.45 bits per heavy atom. The Morgan fingerprint density at radius 1 is 1.09 bits per heavy atom. The Balaban J connectivity index is 1.75. The number of epoxide rings is 2. The van der Waals surface area contributed by atoms with E-state index in [0.717, 1.165) is 30.8 Å². The summed E-state index contributed by atoms with van der Waals surface area (Å²) < 4.78 is 11.4. The van der Waals surface area contributed by atoms with Gasteiger partial charge >= 0.3 is 0 Å². The van der Waals surface area contributed by atoms with Crippen molar-refractivity contribution in [2.24, 2.45) is 0 Å². The Bertz CT molecular complexity index is 134. The minimum atomic E-state index is 0.531. The van der Waals surface area contributed by atoms with E-state index in [9.17, 15) is 0 Å². The highest BCUT2D eigenvalue weighted by molar-refractivity contribution is 4.71. The van der Waals surface area contributed by atoms with E-state index in [4.69, 9.17) is 9.47 Å². The van der Waals surface area contributed by atoms with Gasteiger partial charge in [0.15, 0.2) is 0 Å². The molecule has 0 N–H and O–H groups in total. The first-order chi connectivity index (χ1) is 5.16. The monoisotopic (exact) mass is 158 g/mol. The minimum absolute atomic E-state index is 0.531. The zero-order chi connectivity index (χ0) is 7.90. The largest absolute Gasteiger partial charge is 0.367 e. The summed E-state index contributed by atoms with van der Waals surface area (Å²) in [5, 5.41) is 0. The van der Waals surface area contributed by atoms with Crippen molar-refractivity contribution in [3.63, 3.8) is 0 Å². The van der Waals surface area contributed by atoms with E-state index in [2.05, 4.69) is 14.1 Å². The molecule has 2 rings (SSSR count). The van der Waals surface area contributed by atoms with Crippen LogP contribution in [0.2, 0.25) is 0 Å². The molecular formula is C8H16NO2+. The number of rotatable bonds is 4. The van der Waals surface area contributed by atoms with Crippen LogP contribution in [0.4, 0.5) is 0 Å². The zero-order valence-corrected chi connectivity index (χ0v) is 7.25. The molecule has 2 atom stereocenters. The minimum Gasteiger partial charge on any atom is -0.367 e. The highest BCUT2D eigenvalue weighted by Gasteiger charge is 2.36. The number of hydrogen-bond donors (Lipinski definition) is 0. The number of hydrogen-bond acceptors (Lipinski definition) is 2. The Labute approximate surface area is 67.5 Å². The van der Waals surface area contributed by atoms with E-state index < -0.39 is 0 Å². The van der Waals surface area contributed by atoms with Crippen molar-refractivity contribution >= 4 is 0 Å². The topological polar surface area (TPSA) is 25.1 Å². The molecule has 0 saturated carbocycles. The molecule has 64 valence electrons. The van der Waals surface area contributed by atoms with Crippen LogP contribution < -0.4 is 0 Å². The fourth-order valence-electron chi connectivity index (χ4n) is 1.52. The van der Waals surface area contributed by atoms with E-state index in [1.807, 2.05) is 0 Å². The molecule has 2 fully saturated rings. The standard InChI is InChI=1S/C8H16NO2/c1-9(2,3-7-5-10-7)4-8-6-11-8/h7-8H,3-6H2,1-2H3/q+1. The maximum atomic E-state index is 5.19. The van der Waals surface area contributed by atoms with Crippen molar-refractivity contribution in [1.82, 2.24) is 0 Å². The van der Waals surface area contributed by atoms with E-state index in [1.165, 1.54) is 0 Å². The second-order valence-electron chi connectivity index (χ2n) is 4.21. The molecular weight excluding hydrogens is 142 g/mol. The molecule has 2 unspecified atom stereocenters. The molecule has 2 aliphatic rings. The van der Waals surface area contributed by atoms with Crippen LogP contribution in [0, 0.1) is 0 Å². The SMILES string of the molecule is C[N+](C)(CC1CO1)CC1CO1. The first-order valence-corrected chi connectivity index (χ1v) is 4.21. The molecule has 3 nitrogen and oxygen atoms in total. The second-order valence-corrected chi connectivity index (χ2v) is 4.21. The third-order valence-electron chi connectivity index (χ3n) is 2.20. The van der Waals surface area contributed by atoms with E-state index >= 15 is 0 Å². The molecule has 2 saturated heterocycles. The van der Waals surface area contributed by atoms with Crippen molar-refractivity contribution in [2.75, 3.05) is 40.4 Å². The van der Waals surface area contributed by atoms with Gasteiger partial charge in [-0.3, -0.25) is 0 Å². The fraction of sp³-hybridized carbons (Fsp3) is 1.00. The van der Waals surface area contributed by atoms with E-state index in [0.29, 0.717) is 12.2 Å². The fourth-order valence-corrected chi connectivity index (χ4v) is 1.52. The summed E-state index contributed by atoms with van der Waals surface area (Å²) >= 11 is 0. The molecule has 3 heteroatoms. The van der Waals surface area contributed by atoms with Crippen molar-refractivity contribution in [2.45, 2.75) is 12.2 Å². The molecule has 0 aliphatic carbocycles. The number of likely N-dealkylation sites (N-methyl/N-ethyl adjacent to an activating group) is 1. The molecule has 0 radical (unpaired) electrons. The Kier molecular flexibility index (Phi) is 1.67. The van der Waals surface area contributed by atoms with Gasteiger partial charge < -0.3 is 14.0 Å². The molecule has 0 amide bonds. The molecule has 0 aromatic heterocycles. The summed E-state index contributed by atoms with van der Waals surface area (Å²) in [6.07, 6.45) is 1.06. The third-order valence-corrected chi connectivity index (χ3v) is 2.20. The van der Waals surface area contributed by atoms with Crippen molar-refractivity contribution in [3.8, 4) is 0 Å². The van der Waals surface area contributed by atoms with Crippen LogP contribution >= 0.6 is 0 Å². The van der Waals surface area contributed by atoms with Gasteiger partial charge in [0.1, 0.15) is 25.3 Å². The zero-order valence-electron chi connectivity index (χ0n) is 7.25. The maximum Gasteiger partial charge on any atom is 0.130 e. The first-order valence-electron chi connectivity index (χ1n) is 4.21. The van der Waals surface area contributed by atoms with Gasteiger partial charge in [-0.05, 0) is 0 Å². The van der Waals surface area contributed by atoms with E-state index in [1.54, 1.807) is 0 Å². The predicted octanol–water partition coefficient (Wildman–Crippen LogP) is -0.140. The van der Waals surface area contributed by atoms with Crippen LogP contribution in [-0.4, -0.2) is 57.1 Å². The predicted molar refractivity (Wildman–Crippen MR) is 41.3 cm³/mol. The van der Waals surface area contributed by atoms with Gasteiger partial charge in [-0.1, -0.05) is 0 Å². The van der Waals surface area contributed by atoms with Crippen molar-refractivity contribution < 1.29 is 14.0 Å². The number of quaternary nitrogens is 1. The Morgan fingerprint density at radius 3 is 1.73 bits per heavy atom. The summed E-state index contributed by atoms with van der Waals surface area (Å²) in [7, 11) is 4.48.